The summed E-state index contributed by atoms with van der Waals surface area (Å²) >= 11 is 0. The number of hydrogen-bond donors (Lipinski definition) is 0. The second-order valence-electron chi connectivity index (χ2n) is 5.70. The third kappa shape index (κ3) is 3.99. The SMILES string of the molecule is C#Cc1cccc(N(Cc2ccco2)C(=O)CCc2ccnn2C)c1. The molecule has 0 fully saturated rings. The summed E-state index contributed by atoms with van der Waals surface area (Å²) in [6, 6.07) is 13.0. The van der Waals surface area contributed by atoms with Gasteiger partial charge in [0.2, 0.25) is 5.91 Å². The van der Waals surface area contributed by atoms with Gasteiger partial charge in [0.25, 0.3) is 0 Å². The van der Waals surface area contributed by atoms with Gasteiger partial charge in [-0.25, -0.2) is 0 Å². The van der Waals surface area contributed by atoms with Gasteiger partial charge in [0, 0.05) is 36.6 Å². The Hall–Kier alpha value is -3.26. The second-order valence-corrected chi connectivity index (χ2v) is 5.70. The monoisotopic (exact) mass is 333 g/mol. The van der Waals surface area contributed by atoms with Crippen LogP contribution in [0.25, 0.3) is 0 Å². The molecule has 0 saturated heterocycles. The highest BCUT2D eigenvalue weighted by Crippen LogP contribution is 2.21. The Balaban J connectivity index is 1.81. The van der Waals surface area contributed by atoms with Crippen LogP contribution in [0.4, 0.5) is 5.69 Å². The Morgan fingerprint density at radius 2 is 2.20 bits per heavy atom. The molecule has 5 heteroatoms. The number of rotatable bonds is 6. The Kier molecular flexibility index (Phi) is 5.00. The number of carbonyl (C=O) groups excluding carboxylic acids is 1. The van der Waals surface area contributed by atoms with E-state index in [0.29, 0.717) is 19.4 Å². The number of hydrogen-bond acceptors (Lipinski definition) is 3. The maximum absolute atomic E-state index is 12.9. The fraction of sp³-hybridized carbons (Fsp3) is 0.200. The van der Waals surface area contributed by atoms with Crippen molar-refractivity contribution >= 4 is 11.6 Å². The first-order chi connectivity index (χ1) is 12.2. The van der Waals surface area contributed by atoms with Crippen LogP contribution in [-0.4, -0.2) is 15.7 Å². The van der Waals surface area contributed by atoms with E-state index >= 15 is 0 Å². The molecular formula is C20H19N3O2. The Morgan fingerprint density at radius 3 is 2.88 bits per heavy atom. The lowest BCUT2D eigenvalue weighted by Gasteiger charge is -2.22. The fourth-order valence-corrected chi connectivity index (χ4v) is 2.66. The summed E-state index contributed by atoms with van der Waals surface area (Å²) in [5.41, 5.74) is 2.52. The predicted octanol–water partition coefficient (Wildman–Crippen LogP) is 3.16. The molecule has 3 rings (SSSR count). The van der Waals surface area contributed by atoms with Crippen LogP contribution in [0.1, 0.15) is 23.4 Å². The molecule has 2 heterocycles. The van der Waals surface area contributed by atoms with Crippen LogP contribution in [0.3, 0.4) is 0 Å². The normalized spacial score (nSPS) is 10.4. The van der Waals surface area contributed by atoms with Gasteiger partial charge in [0.15, 0.2) is 0 Å². The molecule has 126 valence electrons. The first-order valence-electron chi connectivity index (χ1n) is 8.03. The number of benzene rings is 1. The first kappa shape index (κ1) is 16.6. The maximum Gasteiger partial charge on any atom is 0.227 e. The van der Waals surface area contributed by atoms with Crippen LogP contribution in [-0.2, 0) is 24.8 Å². The molecule has 0 bridgehead atoms. The van der Waals surface area contributed by atoms with Crippen molar-refractivity contribution in [3.8, 4) is 12.3 Å². The van der Waals surface area contributed by atoms with Gasteiger partial charge in [-0.1, -0.05) is 12.0 Å². The quantitative estimate of drug-likeness (QED) is 0.651. The summed E-state index contributed by atoms with van der Waals surface area (Å²) in [4.78, 5) is 14.6. The van der Waals surface area contributed by atoms with E-state index in [9.17, 15) is 4.79 Å². The molecular weight excluding hydrogens is 314 g/mol. The third-order valence-corrected chi connectivity index (χ3v) is 4.04. The van der Waals surface area contributed by atoms with Crippen molar-refractivity contribution in [2.45, 2.75) is 19.4 Å². The molecule has 0 aliphatic rings. The number of carbonyl (C=O) groups is 1. The van der Waals surface area contributed by atoms with Crippen molar-refractivity contribution in [3.05, 3.63) is 71.9 Å². The molecule has 25 heavy (non-hydrogen) atoms. The number of aromatic nitrogens is 2. The molecule has 1 aromatic carbocycles. The molecule has 0 saturated carbocycles. The summed E-state index contributed by atoms with van der Waals surface area (Å²) in [7, 11) is 1.87. The zero-order valence-electron chi connectivity index (χ0n) is 14.1. The summed E-state index contributed by atoms with van der Waals surface area (Å²) in [6.07, 6.45) is 9.82. The topological polar surface area (TPSA) is 51.3 Å². The second kappa shape index (κ2) is 7.54. The minimum atomic E-state index is 0.00627. The van der Waals surface area contributed by atoms with Gasteiger partial charge < -0.3 is 9.32 Å². The smallest absolute Gasteiger partial charge is 0.227 e. The van der Waals surface area contributed by atoms with E-state index in [1.54, 1.807) is 22.0 Å². The molecule has 5 nitrogen and oxygen atoms in total. The minimum absolute atomic E-state index is 0.00627. The molecule has 0 spiro atoms. The molecule has 0 atom stereocenters. The summed E-state index contributed by atoms with van der Waals surface area (Å²) in [5.74, 6) is 3.34. The van der Waals surface area contributed by atoms with Crippen molar-refractivity contribution in [2.75, 3.05) is 4.90 Å². The number of aryl methyl sites for hydroxylation is 2. The highest BCUT2D eigenvalue weighted by atomic mass is 16.3. The molecule has 0 aliphatic carbocycles. The number of anilines is 1. The Labute approximate surface area is 146 Å². The van der Waals surface area contributed by atoms with Crippen molar-refractivity contribution in [1.29, 1.82) is 0 Å². The minimum Gasteiger partial charge on any atom is -0.467 e. The lowest BCUT2D eigenvalue weighted by atomic mass is 10.1. The van der Waals surface area contributed by atoms with Crippen molar-refractivity contribution in [3.63, 3.8) is 0 Å². The lowest BCUT2D eigenvalue weighted by Crippen LogP contribution is -2.30. The van der Waals surface area contributed by atoms with E-state index in [0.717, 1.165) is 22.7 Å². The van der Waals surface area contributed by atoms with Gasteiger partial charge in [0.1, 0.15) is 5.76 Å². The molecule has 0 radical (unpaired) electrons. The first-order valence-corrected chi connectivity index (χ1v) is 8.03. The predicted molar refractivity (Wildman–Crippen MR) is 95.8 cm³/mol. The lowest BCUT2D eigenvalue weighted by molar-refractivity contribution is -0.118. The molecule has 0 N–H and O–H groups in total. The fourth-order valence-electron chi connectivity index (χ4n) is 2.66. The highest BCUT2D eigenvalue weighted by Gasteiger charge is 2.18. The van der Waals surface area contributed by atoms with Crippen LogP contribution in [0.15, 0.2) is 59.3 Å². The van der Waals surface area contributed by atoms with Gasteiger partial charge in [0.05, 0.1) is 12.8 Å². The van der Waals surface area contributed by atoms with E-state index < -0.39 is 0 Å². The average molecular weight is 333 g/mol. The molecule has 3 aromatic rings. The van der Waals surface area contributed by atoms with Crippen LogP contribution >= 0.6 is 0 Å². The van der Waals surface area contributed by atoms with Gasteiger partial charge >= 0.3 is 0 Å². The van der Waals surface area contributed by atoms with Gasteiger partial charge in [-0.2, -0.15) is 5.10 Å². The number of furan rings is 1. The largest absolute Gasteiger partial charge is 0.467 e. The molecule has 0 unspecified atom stereocenters. The zero-order valence-corrected chi connectivity index (χ0v) is 14.1. The van der Waals surface area contributed by atoms with E-state index in [2.05, 4.69) is 11.0 Å². The van der Waals surface area contributed by atoms with Gasteiger partial charge in [-0.3, -0.25) is 9.48 Å². The molecule has 2 aromatic heterocycles. The van der Waals surface area contributed by atoms with Crippen molar-refractivity contribution in [2.24, 2.45) is 7.05 Å². The number of amides is 1. The number of terminal acetylenes is 1. The van der Waals surface area contributed by atoms with Crippen LogP contribution < -0.4 is 4.90 Å². The van der Waals surface area contributed by atoms with Crippen molar-refractivity contribution < 1.29 is 9.21 Å². The molecule has 0 aliphatic heterocycles. The Morgan fingerprint density at radius 1 is 1.32 bits per heavy atom. The van der Waals surface area contributed by atoms with Crippen molar-refractivity contribution in [1.82, 2.24) is 9.78 Å². The Bertz CT molecular complexity index is 888. The number of nitrogens with zero attached hydrogens (tertiary/aromatic N) is 3. The summed E-state index contributed by atoms with van der Waals surface area (Å²) in [6.45, 7) is 0.366. The van der Waals surface area contributed by atoms with E-state index in [1.165, 1.54) is 0 Å². The standard InChI is InChI=1S/C20H19N3O2/c1-3-16-6-4-7-18(14-16)23(15-19-8-5-13-25-19)20(24)10-9-17-11-12-21-22(17)2/h1,4-8,11-14H,9-10,15H2,2H3. The van der Waals surface area contributed by atoms with Crippen LogP contribution in [0.2, 0.25) is 0 Å². The third-order valence-electron chi connectivity index (χ3n) is 4.04. The molecule has 1 amide bonds. The average Bonchev–Trinajstić information content (AvgIpc) is 3.29. The van der Waals surface area contributed by atoms with Crippen LogP contribution in [0.5, 0.6) is 0 Å². The summed E-state index contributed by atoms with van der Waals surface area (Å²) in [5, 5.41) is 4.14. The zero-order chi connectivity index (χ0) is 17.6. The van der Waals surface area contributed by atoms with E-state index in [1.807, 2.05) is 49.5 Å². The maximum atomic E-state index is 12.9. The highest BCUT2D eigenvalue weighted by molar-refractivity contribution is 5.93. The van der Waals surface area contributed by atoms with Gasteiger partial charge in [-0.15, -0.1) is 6.42 Å². The van der Waals surface area contributed by atoms with Crippen LogP contribution in [0, 0.1) is 12.3 Å². The van der Waals surface area contributed by atoms with E-state index in [-0.39, 0.29) is 5.91 Å². The van der Waals surface area contributed by atoms with Gasteiger partial charge in [-0.05, 0) is 42.8 Å². The van der Waals surface area contributed by atoms with E-state index in [4.69, 9.17) is 10.8 Å². The summed E-state index contributed by atoms with van der Waals surface area (Å²) < 4.78 is 7.19.